The van der Waals surface area contributed by atoms with Crippen molar-refractivity contribution in [3.63, 3.8) is 0 Å². The molecule has 0 radical (unpaired) electrons. The second-order valence-electron chi connectivity index (χ2n) is 10.2. The average Bonchev–Trinajstić information content (AvgIpc) is 3.58. The van der Waals surface area contributed by atoms with Crippen LogP contribution >= 0.6 is 11.6 Å². The monoisotopic (exact) mass is 662 g/mol. The molecule has 11 heteroatoms. The largest absolute Gasteiger partial charge is 0.493 e. The Morgan fingerprint density at radius 2 is 1.76 bits per heavy atom. The van der Waals surface area contributed by atoms with Gasteiger partial charge in [-0.1, -0.05) is 98.8 Å². The highest BCUT2D eigenvalue weighted by Gasteiger charge is 2.14. The molecule has 3 rings (SSSR count). The summed E-state index contributed by atoms with van der Waals surface area (Å²) in [6, 6.07) is 13.5. The van der Waals surface area contributed by atoms with Crippen LogP contribution < -0.4 is 10.1 Å². The van der Waals surface area contributed by atoms with E-state index in [1.165, 1.54) is 51.9 Å². The molecule has 2 aromatic carbocycles. The molecule has 0 aromatic heterocycles. The molecule has 0 aliphatic heterocycles. The van der Waals surface area contributed by atoms with Gasteiger partial charge in [-0.25, -0.2) is 4.79 Å². The fraction of sp³-hybridized carbons (Fsp3) is 0.486. The number of halogens is 1. The third-order valence-corrected chi connectivity index (χ3v) is 6.84. The molecule has 1 fully saturated rings. The first-order chi connectivity index (χ1) is 22.3. The highest BCUT2D eigenvalue weighted by atomic mass is 35.5. The molecule has 2 N–H and O–H groups in total. The van der Waals surface area contributed by atoms with Crippen LogP contribution in [0.1, 0.15) is 83.3 Å². The summed E-state index contributed by atoms with van der Waals surface area (Å²) in [4.78, 5) is 36.2. The first-order valence-corrected chi connectivity index (χ1v) is 16.0. The van der Waals surface area contributed by atoms with Crippen molar-refractivity contribution in [2.75, 3.05) is 13.7 Å². The predicted octanol–water partition coefficient (Wildman–Crippen LogP) is 7.79. The quantitative estimate of drug-likeness (QED) is 0.0464. The summed E-state index contributed by atoms with van der Waals surface area (Å²) in [6.07, 6.45) is 19.7. The highest BCUT2D eigenvalue weighted by molar-refractivity contribution is 6.30. The number of ether oxygens (including phenoxy) is 2. The number of benzene rings is 2. The normalized spacial score (nSPS) is 12.8. The van der Waals surface area contributed by atoms with Crippen LogP contribution in [0.4, 0.5) is 0 Å². The molecule has 1 amide bonds. The van der Waals surface area contributed by atoms with Crippen molar-refractivity contribution < 1.29 is 34.1 Å². The number of aliphatic hydroxyl groups excluding tert-OH is 1. The number of carbonyl (C=O) groups excluding carboxylic acids is 2. The van der Waals surface area contributed by atoms with Gasteiger partial charge in [0.2, 0.25) is 6.41 Å². The zero-order valence-corrected chi connectivity index (χ0v) is 28.3. The molecule has 0 bridgehead atoms. The third kappa shape index (κ3) is 21.8. The summed E-state index contributed by atoms with van der Waals surface area (Å²) in [7, 11) is 1.00. The van der Waals surface area contributed by atoms with Crippen LogP contribution in [0.15, 0.2) is 72.8 Å². The van der Waals surface area contributed by atoms with Gasteiger partial charge in [0.15, 0.2) is 0 Å². The minimum absolute atomic E-state index is 0.0546. The molecular weight excluding hydrogens is 612 g/mol. The summed E-state index contributed by atoms with van der Waals surface area (Å²) in [5.41, 5.74) is 1.15. The maximum absolute atomic E-state index is 11.5. The van der Waals surface area contributed by atoms with Gasteiger partial charge >= 0.3 is 5.97 Å². The minimum atomic E-state index is -0.890. The Kier molecular flexibility index (Phi) is 26.2. The number of unbranched alkanes of at least 4 members (excludes halogenated alkanes) is 2. The van der Waals surface area contributed by atoms with E-state index in [0.717, 1.165) is 36.8 Å². The molecule has 1 saturated carbocycles. The molecule has 1 atom stereocenters. The number of esters is 1. The number of hydrogen-bond acceptors (Lipinski definition) is 8. The molecule has 0 saturated heterocycles. The van der Waals surface area contributed by atoms with E-state index in [1.807, 2.05) is 24.3 Å². The number of nitrogens with one attached hydrogen (secondary N) is 1. The van der Waals surface area contributed by atoms with E-state index in [2.05, 4.69) is 48.3 Å². The smallest absolute Gasteiger partial charge is 0.328 e. The van der Waals surface area contributed by atoms with Gasteiger partial charge in [0.25, 0.3) is 5.09 Å². The van der Waals surface area contributed by atoms with Crippen LogP contribution in [0.5, 0.6) is 5.75 Å². The molecule has 256 valence electrons. The lowest BCUT2D eigenvalue weighted by molar-refractivity contribution is -0.763. The number of allylic oxidation sites excluding steroid dienone is 3. The average molecular weight is 663 g/mol. The maximum atomic E-state index is 11.5. The van der Waals surface area contributed by atoms with Crippen LogP contribution in [-0.2, 0) is 32.4 Å². The van der Waals surface area contributed by atoms with Gasteiger partial charge in [-0.2, -0.15) is 0 Å². The molecule has 1 aliphatic carbocycles. The Morgan fingerprint density at radius 3 is 2.35 bits per heavy atom. The van der Waals surface area contributed by atoms with Crippen molar-refractivity contribution in [2.24, 2.45) is 5.92 Å². The van der Waals surface area contributed by atoms with Crippen LogP contribution in [0, 0.1) is 16.0 Å². The highest BCUT2D eigenvalue weighted by Crippen LogP contribution is 2.25. The number of nitrogens with zero attached hydrogens (tertiary/aromatic N) is 1. The van der Waals surface area contributed by atoms with Crippen molar-refractivity contribution in [3.05, 3.63) is 99.1 Å². The Hall–Kier alpha value is -3.89. The molecule has 2 aromatic rings. The standard InChI is InChI=1S/C15H19ClO.C12H14N2O6.C7H14.CH4O/c16-14-9-5-10-15(12-14)17-11-4-3-8-13-6-1-2-7-13;1-9(13-8-15)12(16)19-6-10-4-2-3-5-11(10)7-20-14(17)18;1-3-5-7-6-4-2;1-2/h3,5,8-10,12-13H,1-2,4,6-7,11H2;2-5,8-9H,6-7H2,1H3,(H,13,15);3,5H,4,6-7H2,1-2H3;2H,1H3/b8-3+;;5-3-;. The van der Waals surface area contributed by atoms with E-state index < -0.39 is 17.1 Å². The SMILES string of the molecule is C/C=C\CCCC.CC(NC=O)C(=O)OCc1ccccc1CO[N+](=O)[O-].CO.Clc1cccc(OCC/C=C/C2CCCC2)c1. The topological polar surface area (TPSA) is 137 Å². The van der Waals surface area contributed by atoms with E-state index in [-0.39, 0.29) is 13.2 Å². The van der Waals surface area contributed by atoms with E-state index in [0.29, 0.717) is 17.5 Å². The molecule has 1 unspecified atom stereocenters. The van der Waals surface area contributed by atoms with Gasteiger partial charge in [0.05, 0.1) is 6.61 Å². The van der Waals surface area contributed by atoms with Crippen molar-refractivity contribution in [2.45, 2.75) is 91.4 Å². The second kappa shape index (κ2) is 28.6. The fourth-order valence-electron chi connectivity index (χ4n) is 4.13. The van der Waals surface area contributed by atoms with Crippen LogP contribution in [0.3, 0.4) is 0 Å². The maximum Gasteiger partial charge on any atom is 0.328 e. The first kappa shape index (κ1) is 42.1. The summed E-state index contributed by atoms with van der Waals surface area (Å²) in [5.74, 6) is 1.08. The lowest BCUT2D eigenvalue weighted by atomic mass is 10.1. The van der Waals surface area contributed by atoms with E-state index in [4.69, 9.17) is 26.2 Å². The molecule has 10 nitrogen and oxygen atoms in total. The van der Waals surface area contributed by atoms with Gasteiger partial charge in [-0.05, 0) is 74.8 Å². The zero-order valence-electron chi connectivity index (χ0n) is 27.6. The van der Waals surface area contributed by atoms with Gasteiger partial charge in [-0.15, -0.1) is 10.1 Å². The van der Waals surface area contributed by atoms with E-state index in [9.17, 15) is 19.7 Å². The lowest BCUT2D eigenvalue weighted by Gasteiger charge is -2.12. The van der Waals surface area contributed by atoms with Crippen molar-refractivity contribution >= 4 is 24.0 Å². The molecule has 0 heterocycles. The molecule has 1 aliphatic rings. The Bertz CT molecular complexity index is 1150. The lowest BCUT2D eigenvalue weighted by Crippen LogP contribution is -2.34. The molecular formula is C35H51ClN2O8. The first-order valence-electron chi connectivity index (χ1n) is 15.6. The number of hydrogen-bond donors (Lipinski definition) is 2. The van der Waals surface area contributed by atoms with Crippen LogP contribution in [0.2, 0.25) is 5.02 Å². The number of carbonyl (C=O) groups is 2. The minimum Gasteiger partial charge on any atom is -0.493 e. The molecule has 46 heavy (non-hydrogen) atoms. The van der Waals surface area contributed by atoms with E-state index in [1.54, 1.807) is 24.3 Å². The summed E-state index contributed by atoms with van der Waals surface area (Å²) < 4.78 is 10.6. The second-order valence-corrected chi connectivity index (χ2v) is 10.6. The summed E-state index contributed by atoms with van der Waals surface area (Å²) >= 11 is 5.88. The van der Waals surface area contributed by atoms with Gasteiger partial charge in [-0.3, -0.25) is 4.79 Å². The third-order valence-electron chi connectivity index (χ3n) is 6.60. The van der Waals surface area contributed by atoms with Crippen molar-refractivity contribution in [3.8, 4) is 5.75 Å². The van der Waals surface area contributed by atoms with Crippen molar-refractivity contribution in [1.29, 1.82) is 0 Å². The Balaban J connectivity index is 0.000000705. The van der Waals surface area contributed by atoms with Gasteiger partial charge < -0.3 is 24.7 Å². The Morgan fingerprint density at radius 1 is 1.09 bits per heavy atom. The number of aliphatic hydroxyl groups is 1. The summed E-state index contributed by atoms with van der Waals surface area (Å²) in [6.45, 7) is 6.21. The van der Waals surface area contributed by atoms with Crippen molar-refractivity contribution in [1.82, 2.24) is 5.32 Å². The summed E-state index contributed by atoms with van der Waals surface area (Å²) in [5, 5.41) is 19.3. The molecule has 0 spiro atoms. The number of amides is 1. The van der Waals surface area contributed by atoms with Crippen LogP contribution in [0.25, 0.3) is 0 Å². The fourth-order valence-corrected chi connectivity index (χ4v) is 4.31. The zero-order chi connectivity index (χ0) is 34.4. The van der Waals surface area contributed by atoms with Crippen LogP contribution in [-0.4, -0.2) is 42.3 Å². The Labute approximate surface area is 278 Å². The van der Waals surface area contributed by atoms with Gasteiger partial charge in [0.1, 0.15) is 25.0 Å². The predicted molar refractivity (Wildman–Crippen MR) is 182 cm³/mol. The van der Waals surface area contributed by atoms with Gasteiger partial charge in [0, 0.05) is 12.1 Å². The number of rotatable bonds is 16. The van der Waals surface area contributed by atoms with E-state index >= 15 is 0 Å².